The molecule has 0 bridgehead atoms. The molecule has 0 amide bonds. The van der Waals surface area contributed by atoms with E-state index < -0.39 is 0 Å². The summed E-state index contributed by atoms with van der Waals surface area (Å²) in [4.78, 5) is 0. The van der Waals surface area contributed by atoms with Gasteiger partial charge in [-0.25, -0.2) is 0 Å². The van der Waals surface area contributed by atoms with Gasteiger partial charge in [0.2, 0.25) is 0 Å². The summed E-state index contributed by atoms with van der Waals surface area (Å²) in [6.07, 6.45) is 0. The monoisotopic (exact) mass is 299 g/mol. The van der Waals surface area contributed by atoms with Crippen LogP contribution in [0.5, 0.6) is 0 Å². The molecular formula is C4H10Am. The third-order valence-corrected chi connectivity index (χ3v) is 3.53. The Labute approximate surface area is 38.4 Å². The van der Waals surface area contributed by atoms with Crippen LogP contribution in [0.4, 0.5) is 0 Å². The molecule has 0 aromatic carbocycles. The Balaban J connectivity index is 2.19. The minimum atomic E-state index is 0.159. The zero-order valence-electron chi connectivity index (χ0n) is 3.79. The van der Waals surface area contributed by atoms with Crippen molar-refractivity contribution in [3.05, 3.63) is 0 Å². The van der Waals surface area contributed by atoms with E-state index >= 15 is 0 Å². The summed E-state index contributed by atoms with van der Waals surface area (Å²) in [7, 11) is 0. The summed E-state index contributed by atoms with van der Waals surface area (Å²) in [6, 6.07) is 0. The van der Waals surface area contributed by atoms with E-state index in [-0.39, 0.29) is 12.5 Å². The van der Waals surface area contributed by atoms with Crippen LogP contribution in [0.15, 0.2) is 0 Å². The summed E-state index contributed by atoms with van der Waals surface area (Å²) in [5.74, 6) is 0. The Morgan fingerprint density at radius 2 is 1.60 bits per heavy atom. The van der Waals surface area contributed by atoms with E-state index in [2.05, 4.69) is 13.8 Å². The molecule has 0 heterocycles. The predicted molar refractivity (Wildman–Crippen MR) is 21.0 cm³/mol. The third-order valence-electron chi connectivity index (χ3n) is 0.378. The zero-order chi connectivity index (χ0) is 4.12. The Hall–Kier alpha value is 0.390. The van der Waals surface area contributed by atoms with Crippen LogP contribution in [0.3, 0.4) is 0 Å². The van der Waals surface area contributed by atoms with Crippen LogP contribution in [-0.4, -0.2) is 0 Å². The van der Waals surface area contributed by atoms with E-state index in [4.69, 9.17) is 0 Å². The van der Waals surface area contributed by atoms with Gasteiger partial charge in [0, 0.05) is 0 Å². The van der Waals surface area contributed by atoms with E-state index in [1.54, 1.807) is 0 Å². The summed E-state index contributed by atoms with van der Waals surface area (Å²) < 4.78 is 0. The average molecular weight is 301 g/mol. The van der Waals surface area contributed by atoms with Gasteiger partial charge in [-0.15, -0.1) is 0 Å². The van der Waals surface area contributed by atoms with Crippen molar-refractivity contribution in [3.8, 4) is 0 Å². The predicted octanol–water partition coefficient (Wildman–Crippen LogP) is 1.95. The van der Waals surface area contributed by atoms with Gasteiger partial charge in [-0.05, 0) is 0 Å². The van der Waals surface area contributed by atoms with E-state index in [1.165, 1.54) is 11.3 Å². The maximum atomic E-state index is 2.29. The molecule has 0 aromatic heterocycles. The Kier molecular flexibility index (Phi) is 4.73. The molecule has 0 nitrogen and oxygen atoms in total. The molecule has 1 heteroatoms. The van der Waals surface area contributed by atoms with Crippen LogP contribution in [0.25, 0.3) is 0 Å². The second-order valence-electron chi connectivity index (χ2n) is 0.724. The fourth-order valence-corrected chi connectivity index (χ4v) is 1.76. The van der Waals surface area contributed by atoms with Gasteiger partial charge in [0.1, 0.15) is 0 Å². The SMILES string of the molecule is C[CH2][Am][CH2]C. The summed E-state index contributed by atoms with van der Waals surface area (Å²) in [5, 5.41) is 0. The van der Waals surface area contributed by atoms with Gasteiger partial charge >= 0.3 is 37.6 Å². The standard InChI is InChI=1S/2C2H5.Am/c2*1-2;/h2*1H2,2H3;. The number of hydrogen-bond acceptors (Lipinski definition) is 0. The van der Waals surface area contributed by atoms with E-state index in [1.807, 2.05) is 0 Å². The molecule has 0 rings (SSSR count). The molecular weight excluding hydrogens is 291 g/mol. The first-order valence-corrected chi connectivity index (χ1v) is 6.40. The van der Waals surface area contributed by atoms with E-state index in [0.717, 1.165) is 0 Å². The van der Waals surface area contributed by atoms with E-state index in [9.17, 15) is 0 Å². The van der Waals surface area contributed by atoms with Crippen molar-refractivity contribution in [2.75, 3.05) is 0 Å². The van der Waals surface area contributed by atoms with Crippen molar-refractivity contribution >= 4 is 0 Å². The third kappa shape index (κ3) is 4.39. The molecule has 0 atom stereocenters. The molecule has 0 fully saturated rings. The Morgan fingerprint density at radius 3 is 1.60 bits per heavy atom. The van der Waals surface area contributed by atoms with Crippen molar-refractivity contribution in [1.29, 1.82) is 0 Å². The molecule has 0 aliphatic carbocycles. The molecule has 0 saturated heterocycles. The normalized spacial score (nSPS) is 6.80. The van der Waals surface area contributed by atoms with Crippen molar-refractivity contribution in [1.82, 2.24) is 0 Å². The fraction of sp³-hybridized carbons (Fsp3) is 1.00. The van der Waals surface area contributed by atoms with Crippen LogP contribution in [0.1, 0.15) is 13.8 Å². The Morgan fingerprint density at radius 1 is 1.20 bits per heavy atom. The average Bonchev–Trinajstić information content (AvgIpc) is 1.41. The van der Waals surface area contributed by atoms with Crippen molar-refractivity contribution in [2.45, 2.75) is 25.2 Å². The quantitative estimate of drug-likeness (QED) is 0.731. The molecule has 0 N–H and O–H groups in total. The second-order valence-corrected chi connectivity index (χ2v) is 6.75. The first kappa shape index (κ1) is 5.39. The van der Waals surface area contributed by atoms with Crippen LogP contribution in [0.2, 0.25) is 11.3 Å². The van der Waals surface area contributed by atoms with Gasteiger partial charge in [0.25, 0.3) is 0 Å². The molecule has 0 aromatic rings. The number of rotatable bonds is 2. The summed E-state index contributed by atoms with van der Waals surface area (Å²) in [5.41, 5.74) is 3.04. The summed E-state index contributed by atoms with van der Waals surface area (Å²) in [6.45, 7) is 4.58. The van der Waals surface area contributed by atoms with Gasteiger partial charge in [-0.3, -0.25) is 0 Å². The molecule has 5 heavy (non-hydrogen) atoms. The molecule has 0 aliphatic rings. The van der Waals surface area contributed by atoms with Crippen molar-refractivity contribution in [3.63, 3.8) is 0 Å². The molecule has 33 valence electrons. The van der Waals surface area contributed by atoms with Gasteiger partial charge in [0.05, 0.1) is 0 Å². The molecule has 0 saturated carbocycles. The number of hydrogen-bond donors (Lipinski definition) is 0. The van der Waals surface area contributed by atoms with Crippen molar-refractivity contribution in [2.24, 2.45) is 0 Å². The first-order valence-electron chi connectivity index (χ1n) is 1.95. The fourth-order valence-electron chi connectivity index (χ4n) is 0.189. The van der Waals surface area contributed by atoms with Gasteiger partial charge < -0.3 is 0 Å². The topological polar surface area (TPSA) is 0 Å². The zero-order valence-corrected chi connectivity index (χ0v) is 6.94. The van der Waals surface area contributed by atoms with E-state index in [0.29, 0.717) is 0 Å². The Bertz CT molecular complexity index is 11.1. The molecule has 0 aliphatic heterocycles. The van der Waals surface area contributed by atoms with Gasteiger partial charge in [0.15, 0.2) is 0 Å². The first-order chi connectivity index (χ1) is 2.41. The molecule has 0 unspecified atom stereocenters. The second kappa shape index (κ2) is 4.39. The van der Waals surface area contributed by atoms with Crippen LogP contribution in [0, 0.1) is 12.5 Å². The van der Waals surface area contributed by atoms with Crippen LogP contribution < -0.4 is 0 Å². The summed E-state index contributed by atoms with van der Waals surface area (Å²) >= 11 is 0.159. The van der Waals surface area contributed by atoms with Gasteiger partial charge in [-0.1, -0.05) is 0 Å². The maximum absolute atomic E-state index is 2.29. The molecule has 0 spiro atoms. The molecule has 0 radical (unpaired) electrons. The minimum absolute atomic E-state index is 0.159. The van der Waals surface area contributed by atoms with Crippen LogP contribution >= 0.6 is 0 Å². The van der Waals surface area contributed by atoms with Crippen molar-refractivity contribution < 1.29 is 12.5 Å². The van der Waals surface area contributed by atoms with Crippen LogP contribution in [-0.2, 0) is 0 Å². The van der Waals surface area contributed by atoms with Gasteiger partial charge in [-0.2, -0.15) is 0 Å².